The van der Waals surface area contributed by atoms with Gasteiger partial charge in [0.1, 0.15) is 0 Å². The molecular formula is C15H26N2. The first kappa shape index (κ1) is 14.0. The molecule has 96 valence electrons. The van der Waals surface area contributed by atoms with Gasteiger partial charge < -0.3 is 11.1 Å². The molecule has 3 N–H and O–H groups in total. The number of anilines is 1. The number of rotatable bonds is 6. The van der Waals surface area contributed by atoms with Gasteiger partial charge >= 0.3 is 0 Å². The fraction of sp³-hybridized carbons (Fsp3) is 0.600. The zero-order chi connectivity index (χ0) is 12.8. The van der Waals surface area contributed by atoms with Crippen LogP contribution in [0.5, 0.6) is 0 Å². The van der Waals surface area contributed by atoms with Crippen LogP contribution in [-0.4, -0.2) is 6.54 Å². The minimum absolute atomic E-state index is 0.730. The third-order valence-electron chi connectivity index (χ3n) is 3.40. The molecule has 0 atom stereocenters. The maximum Gasteiger partial charge on any atom is 0.0314 e. The average molecular weight is 234 g/mol. The quantitative estimate of drug-likeness (QED) is 0.741. The Bertz CT molecular complexity index is 306. The van der Waals surface area contributed by atoms with E-state index in [0.29, 0.717) is 0 Å². The molecule has 17 heavy (non-hydrogen) atoms. The first-order valence-electron chi connectivity index (χ1n) is 6.56. The molecule has 0 fully saturated rings. The van der Waals surface area contributed by atoms with Crippen molar-refractivity contribution in [3.05, 3.63) is 29.8 Å². The van der Waals surface area contributed by atoms with E-state index in [2.05, 4.69) is 45.1 Å². The molecule has 0 amide bonds. The van der Waals surface area contributed by atoms with Crippen LogP contribution in [0.4, 0.5) is 5.69 Å². The number of nitrogen functional groups attached to an aromatic ring is 1. The highest BCUT2D eigenvalue weighted by Crippen LogP contribution is 2.19. The fourth-order valence-corrected chi connectivity index (χ4v) is 2.26. The summed E-state index contributed by atoms with van der Waals surface area (Å²) in [6.45, 7) is 11.2. The summed E-state index contributed by atoms with van der Waals surface area (Å²) in [7, 11) is 0. The summed E-state index contributed by atoms with van der Waals surface area (Å²) in [6.07, 6.45) is 0. The van der Waals surface area contributed by atoms with Gasteiger partial charge in [0.15, 0.2) is 0 Å². The van der Waals surface area contributed by atoms with Crippen LogP contribution in [0.15, 0.2) is 24.3 Å². The van der Waals surface area contributed by atoms with Crippen molar-refractivity contribution in [1.82, 2.24) is 5.32 Å². The molecule has 1 aromatic rings. The van der Waals surface area contributed by atoms with Crippen LogP contribution in [0, 0.1) is 17.8 Å². The number of nitrogens with one attached hydrogen (secondary N) is 1. The zero-order valence-corrected chi connectivity index (χ0v) is 11.5. The Balaban J connectivity index is 2.38. The Morgan fingerprint density at radius 3 is 2.00 bits per heavy atom. The first-order chi connectivity index (χ1) is 8.00. The standard InChI is InChI=1S/C15H26N2/c1-11(2)15(12(3)4)10-17-9-13-5-7-14(16)8-6-13/h5-8,11-12,15,17H,9-10,16H2,1-4H3. The minimum atomic E-state index is 0.730. The van der Waals surface area contributed by atoms with Gasteiger partial charge in [0.2, 0.25) is 0 Å². The van der Waals surface area contributed by atoms with Crippen molar-refractivity contribution in [3.8, 4) is 0 Å². The van der Waals surface area contributed by atoms with E-state index in [0.717, 1.165) is 36.5 Å². The van der Waals surface area contributed by atoms with Crippen molar-refractivity contribution in [3.63, 3.8) is 0 Å². The lowest BCUT2D eigenvalue weighted by Gasteiger charge is -2.25. The molecule has 0 saturated carbocycles. The van der Waals surface area contributed by atoms with Crippen molar-refractivity contribution in [2.75, 3.05) is 12.3 Å². The number of hydrogen-bond donors (Lipinski definition) is 2. The lowest BCUT2D eigenvalue weighted by molar-refractivity contribution is 0.275. The van der Waals surface area contributed by atoms with Crippen LogP contribution in [0.1, 0.15) is 33.3 Å². The largest absolute Gasteiger partial charge is 0.399 e. The van der Waals surface area contributed by atoms with E-state index in [-0.39, 0.29) is 0 Å². The predicted molar refractivity (Wildman–Crippen MR) is 75.7 cm³/mol. The van der Waals surface area contributed by atoms with E-state index in [1.54, 1.807) is 0 Å². The highest BCUT2D eigenvalue weighted by molar-refractivity contribution is 5.39. The van der Waals surface area contributed by atoms with Gasteiger partial charge in [-0.05, 0) is 42.0 Å². The van der Waals surface area contributed by atoms with E-state index in [9.17, 15) is 0 Å². The van der Waals surface area contributed by atoms with Gasteiger partial charge in [-0.3, -0.25) is 0 Å². The van der Waals surface area contributed by atoms with Crippen molar-refractivity contribution < 1.29 is 0 Å². The molecule has 2 heteroatoms. The molecule has 1 aromatic carbocycles. The second-order valence-corrected chi connectivity index (χ2v) is 5.52. The third-order valence-corrected chi connectivity index (χ3v) is 3.40. The highest BCUT2D eigenvalue weighted by atomic mass is 14.9. The highest BCUT2D eigenvalue weighted by Gasteiger charge is 2.16. The summed E-state index contributed by atoms with van der Waals surface area (Å²) >= 11 is 0. The molecule has 0 aromatic heterocycles. The second kappa shape index (κ2) is 6.65. The average Bonchev–Trinajstić information content (AvgIpc) is 2.25. The fourth-order valence-electron chi connectivity index (χ4n) is 2.26. The van der Waals surface area contributed by atoms with E-state index in [1.807, 2.05) is 12.1 Å². The normalized spacial score (nSPS) is 11.7. The van der Waals surface area contributed by atoms with Gasteiger partial charge in [-0.1, -0.05) is 39.8 Å². The monoisotopic (exact) mass is 234 g/mol. The minimum Gasteiger partial charge on any atom is -0.399 e. The molecule has 0 radical (unpaired) electrons. The maximum absolute atomic E-state index is 5.66. The Kier molecular flexibility index (Phi) is 5.49. The summed E-state index contributed by atoms with van der Waals surface area (Å²) < 4.78 is 0. The van der Waals surface area contributed by atoms with Gasteiger partial charge in [-0.2, -0.15) is 0 Å². The van der Waals surface area contributed by atoms with Gasteiger partial charge in [-0.25, -0.2) is 0 Å². The lowest BCUT2D eigenvalue weighted by atomic mass is 9.85. The SMILES string of the molecule is CC(C)C(CNCc1ccc(N)cc1)C(C)C. The number of hydrogen-bond acceptors (Lipinski definition) is 2. The lowest BCUT2D eigenvalue weighted by Crippen LogP contribution is -2.29. The smallest absolute Gasteiger partial charge is 0.0314 e. The first-order valence-corrected chi connectivity index (χ1v) is 6.56. The molecule has 0 spiro atoms. The van der Waals surface area contributed by atoms with Gasteiger partial charge in [0.25, 0.3) is 0 Å². The topological polar surface area (TPSA) is 38.0 Å². The molecule has 0 aliphatic heterocycles. The Hall–Kier alpha value is -1.02. The molecule has 0 aliphatic carbocycles. The van der Waals surface area contributed by atoms with Crippen LogP contribution < -0.4 is 11.1 Å². The van der Waals surface area contributed by atoms with E-state index < -0.39 is 0 Å². The molecule has 1 rings (SSSR count). The van der Waals surface area contributed by atoms with E-state index in [1.165, 1.54) is 5.56 Å². The zero-order valence-electron chi connectivity index (χ0n) is 11.5. The van der Waals surface area contributed by atoms with Crippen molar-refractivity contribution in [1.29, 1.82) is 0 Å². The summed E-state index contributed by atoms with van der Waals surface area (Å²) in [6, 6.07) is 8.09. The third kappa shape index (κ3) is 4.78. The number of nitrogens with two attached hydrogens (primary N) is 1. The summed E-state index contributed by atoms with van der Waals surface area (Å²) in [5, 5.41) is 3.54. The van der Waals surface area contributed by atoms with Crippen LogP contribution in [-0.2, 0) is 6.54 Å². The summed E-state index contributed by atoms with van der Waals surface area (Å²) in [5.41, 5.74) is 7.79. The molecule has 0 heterocycles. The van der Waals surface area contributed by atoms with E-state index in [4.69, 9.17) is 5.73 Å². The van der Waals surface area contributed by atoms with Gasteiger partial charge in [-0.15, -0.1) is 0 Å². The summed E-state index contributed by atoms with van der Waals surface area (Å²) in [4.78, 5) is 0. The van der Waals surface area contributed by atoms with Crippen LogP contribution >= 0.6 is 0 Å². The number of benzene rings is 1. The Morgan fingerprint density at radius 2 is 1.53 bits per heavy atom. The van der Waals surface area contributed by atoms with Gasteiger partial charge in [0, 0.05) is 12.2 Å². The van der Waals surface area contributed by atoms with Crippen molar-refractivity contribution in [2.24, 2.45) is 17.8 Å². The summed E-state index contributed by atoms with van der Waals surface area (Å²) in [5.74, 6) is 2.20. The molecule has 2 nitrogen and oxygen atoms in total. The maximum atomic E-state index is 5.66. The van der Waals surface area contributed by atoms with Crippen LogP contribution in [0.25, 0.3) is 0 Å². The van der Waals surface area contributed by atoms with Crippen molar-refractivity contribution >= 4 is 5.69 Å². The van der Waals surface area contributed by atoms with Crippen LogP contribution in [0.2, 0.25) is 0 Å². The second-order valence-electron chi connectivity index (χ2n) is 5.52. The van der Waals surface area contributed by atoms with Gasteiger partial charge in [0.05, 0.1) is 0 Å². The predicted octanol–water partition coefficient (Wildman–Crippen LogP) is 3.29. The van der Waals surface area contributed by atoms with Crippen LogP contribution in [0.3, 0.4) is 0 Å². The van der Waals surface area contributed by atoms with E-state index >= 15 is 0 Å². The molecule has 0 bridgehead atoms. The molecular weight excluding hydrogens is 208 g/mol. The molecule has 0 unspecified atom stereocenters. The molecule has 0 saturated heterocycles. The Morgan fingerprint density at radius 1 is 1.00 bits per heavy atom. The molecule has 0 aliphatic rings. The Labute approximate surface area is 106 Å². The van der Waals surface area contributed by atoms with Crippen molar-refractivity contribution in [2.45, 2.75) is 34.2 Å².